The van der Waals surface area contributed by atoms with Crippen molar-refractivity contribution >= 4 is 58.9 Å². The number of thioether (sulfide) groups is 1. The predicted molar refractivity (Wildman–Crippen MR) is 114 cm³/mol. The molecule has 0 radical (unpaired) electrons. The molecule has 0 unspecified atom stereocenters. The summed E-state index contributed by atoms with van der Waals surface area (Å²) in [5, 5.41) is 11.4. The van der Waals surface area contributed by atoms with Gasteiger partial charge < -0.3 is 16.0 Å². The van der Waals surface area contributed by atoms with Gasteiger partial charge in [-0.3, -0.25) is 9.79 Å². The fourth-order valence-corrected chi connectivity index (χ4v) is 2.44. The molecule has 1 rings (SSSR count). The summed E-state index contributed by atoms with van der Waals surface area (Å²) in [5.41, 5.74) is 0. The van der Waals surface area contributed by atoms with Gasteiger partial charge in [-0.25, -0.2) is 0 Å². The summed E-state index contributed by atoms with van der Waals surface area (Å²) in [6, 6.07) is 3.71. The lowest BCUT2D eigenvalue weighted by atomic mass is 10.2. The van der Waals surface area contributed by atoms with E-state index in [1.54, 1.807) is 7.05 Å². The molecule has 3 N–H and O–H groups in total. The summed E-state index contributed by atoms with van der Waals surface area (Å²) < 4.78 is 0.173. The van der Waals surface area contributed by atoms with Crippen LogP contribution < -0.4 is 16.0 Å². The quantitative estimate of drug-likeness (QED) is 0.237. The monoisotopic (exact) mass is 470 g/mol. The van der Waals surface area contributed by atoms with Crippen molar-refractivity contribution < 1.29 is 4.79 Å². The van der Waals surface area contributed by atoms with Gasteiger partial charge in [-0.05, 0) is 38.0 Å². The molecule has 0 spiro atoms. The maximum Gasteiger partial charge on any atom is 0.261 e. The molecule has 0 aliphatic heterocycles. The first-order valence-corrected chi connectivity index (χ1v) is 9.40. The van der Waals surface area contributed by atoms with Crippen LogP contribution in [-0.4, -0.2) is 49.6 Å². The summed E-state index contributed by atoms with van der Waals surface area (Å²) >= 11 is 3.28. The second-order valence-corrected chi connectivity index (χ2v) is 7.86. The largest absolute Gasteiger partial charge is 0.356 e. The first kappa shape index (κ1) is 22.5. The number of amides is 1. The summed E-state index contributed by atoms with van der Waals surface area (Å²) in [6.45, 7) is 6.65. The molecule has 0 fully saturated rings. The highest BCUT2D eigenvalue weighted by Gasteiger charge is 2.15. The minimum atomic E-state index is -0.000715. The number of hydrogen-bond donors (Lipinski definition) is 3. The van der Waals surface area contributed by atoms with Gasteiger partial charge in [0, 0.05) is 31.4 Å². The highest BCUT2D eigenvalue weighted by molar-refractivity contribution is 14.0. The average Bonchev–Trinajstić information content (AvgIpc) is 3.04. The van der Waals surface area contributed by atoms with E-state index in [2.05, 4.69) is 41.0 Å². The molecule has 1 aromatic rings. The zero-order valence-electron chi connectivity index (χ0n) is 14.1. The minimum Gasteiger partial charge on any atom is -0.356 e. The van der Waals surface area contributed by atoms with Gasteiger partial charge in [0.05, 0.1) is 4.88 Å². The molecule has 132 valence electrons. The normalized spacial score (nSPS) is 11.6. The number of carbonyl (C=O) groups is 1. The van der Waals surface area contributed by atoms with E-state index in [1.807, 2.05) is 29.3 Å². The van der Waals surface area contributed by atoms with Crippen molar-refractivity contribution in [1.82, 2.24) is 16.0 Å². The third-order valence-corrected chi connectivity index (χ3v) is 5.25. The maximum absolute atomic E-state index is 11.7. The smallest absolute Gasteiger partial charge is 0.261 e. The van der Waals surface area contributed by atoms with Crippen molar-refractivity contribution in [2.75, 3.05) is 32.9 Å². The number of thiophene rings is 1. The molecule has 0 aliphatic carbocycles. The Hall–Kier alpha value is -0.480. The number of nitrogens with zero attached hydrogens (tertiary/aromatic N) is 1. The fourth-order valence-electron chi connectivity index (χ4n) is 1.58. The number of aliphatic imine (C=N–C) groups is 1. The molecule has 0 saturated carbocycles. The SMILES string of the molecule is CN=C(NCCCNC(=O)c1cccs1)NCC(C)(C)SC.I. The third-order valence-electron chi connectivity index (χ3n) is 3.13. The molecule has 0 aromatic carbocycles. The molecule has 1 aromatic heterocycles. The van der Waals surface area contributed by atoms with Crippen LogP contribution in [0.2, 0.25) is 0 Å². The summed E-state index contributed by atoms with van der Waals surface area (Å²) in [5.74, 6) is 0.797. The van der Waals surface area contributed by atoms with E-state index in [0.29, 0.717) is 6.54 Å². The molecule has 23 heavy (non-hydrogen) atoms. The van der Waals surface area contributed by atoms with Crippen LogP contribution >= 0.6 is 47.1 Å². The molecular formula is C15H27IN4OS2. The molecule has 0 saturated heterocycles. The van der Waals surface area contributed by atoms with Crippen molar-refractivity contribution in [3.63, 3.8) is 0 Å². The van der Waals surface area contributed by atoms with Crippen molar-refractivity contribution in [2.45, 2.75) is 25.0 Å². The third kappa shape index (κ3) is 9.41. The predicted octanol–water partition coefficient (Wildman–Crippen LogP) is 2.79. The van der Waals surface area contributed by atoms with E-state index in [9.17, 15) is 4.79 Å². The molecule has 8 heteroatoms. The molecule has 1 amide bonds. The Balaban J connectivity index is 0.00000484. The van der Waals surface area contributed by atoms with Crippen LogP contribution in [0, 0.1) is 0 Å². The van der Waals surface area contributed by atoms with Gasteiger partial charge in [0.15, 0.2) is 5.96 Å². The lowest BCUT2D eigenvalue weighted by Gasteiger charge is -2.23. The summed E-state index contributed by atoms with van der Waals surface area (Å²) in [4.78, 5) is 16.7. The van der Waals surface area contributed by atoms with Gasteiger partial charge in [-0.1, -0.05) is 6.07 Å². The Kier molecular flexibility index (Phi) is 11.7. The highest BCUT2D eigenvalue weighted by Crippen LogP contribution is 2.19. The number of guanidine groups is 1. The average molecular weight is 470 g/mol. The van der Waals surface area contributed by atoms with Gasteiger partial charge in [0.25, 0.3) is 5.91 Å². The number of rotatable bonds is 8. The van der Waals surface area contributed by atoms with E-state index < -0.39 is 0 Å². The lowest BCUT2D eigenvalue weighted by molar-refractivity contribution is 0.0957. The molecule has 5 nitrogen and oxygen atoms in total. The van der Waals surface area contributed by atoms with Crippen LogP contribution in [0.5, 0.6) is 0 Å². The van der Waals surface area contributed by atoms with Crippen LogP contribution in [0.1, 0.15) is 29.9 Å². The van der Waals surface area contributed by atoms with Crippen LogP contribution in [0.3, 0.4) is 0 Å². The van der Waals surface area contributed by atoms with Gasteiger partial charge in [-0.15, -0.1) is 35.3 Å². The highest BCUT2D eigenvalue weighted by atomic mass is 127. The standard InChI is InChI=1S/C15H26N4OS2.HI/c1-15(2,21-4)11-19-14(16-3)18-9-6-8-17-13(20)12-7-5-10-22-12;/h5,7,10H,6,8-9,11H2,1-4H3,(H,17,20)(H2,16,18,19);1H. The van der Waals surface area contributed by atoms with Crippen LogP contribution in [0.4, 0.5) is 0 Å². The molecule has 0 atom stereocenters. The number of nitrogens with one attached hydrogen (secondary N) is 3. The van der Waals surface area contributed by atoms with Crippen molar-refractivity contribution in [3.05, 3.63) is 22.4 Å². The van der Waals surface area contributed by atoms with Crippen LogP contribution in [0.15, 0.2) is 22.5 Å². The lowest BCUT2D eigenvalue weighted by Crippen LogP contribution is -2.43. The minimum absolute atomic E-state index is 0. The molecule has 1 heterocycles. The zero-order chi connectivity index (χ0) is 16.4. The Bertz CT molecular complexity index is 478. The fraction of sp³-hybridized carbons (Fsp3) is 0.600. The van der Waals surface area contributed by atoms with Crippen molar-refractivity contribution in [2.24, 2.45) is 4.99 Å². The Labute approximate surface area is 164 Å². The first-order chi connectivity index (χ1) is 10.5. The van der Waals surface area contributed by atoms with E-state index >= 15 is 0 Å². The number of halogens is 1. The number of carbonyl (C=O) groups excluding carboxylic acids is 1. The van der Waals surface area contributed by atoms with E-state index in [-0.39, 0.29) is 34.6 Å². The van der Waals surface area contributed by atoms with Crippen molar-refractivity contribution in [3.8, 4) is 0 Å². The van der Waals surface area contributed by atoms with Gasteiger partial charge in [-0.2, -0.15) is 11.8 Å². The van der Waals surface area contributed by atoms with E-state index in [1.165, 1.54) is 11.3 Å². The molecule has 0 bridgehead atoms. The van der Waals surface area contributed by atoms with E-state index in [0.717, 1.165) is 30.3 Å². The summed E-state index contributed by atoms with van der Waals surface area (Å²) in [7, 11) is 1.76. The van der Waals surface area contributed by atoms with Crippen LogP contribution in [-0.2, 0) is 0 Å². The maximum atomic E-state index is 11.7. The molecular weight excluding hydrogens is 443 g/mol. The van der Waals surface area contributed by atoms with Crippen molar-refractivity contribution in [1.29, 1.82) is 0 Å². The molecule has 0 aliphatic rings. The number of hydrogen-bond acceptors (Lipinski definition) is 4. The summed E-state index contributed by atoms with van der Waals surface area (Å²) in [6.07, 6.45) is 2.96. The van der Waals surface area contributed by atoms with E-state index in [4.69, 9.17) is 0 Å². The topological polar surface area (TPSA) is 65.5 Å². The Morgan fingerprint density at radius 1 is 1.30 bits per heavy atom. The van der Waals surface area contributed by atoms with Gasteiger partial charge >= 0.3 is 0 Å². The van der Waals surface area contributed by atoms with Crippen LogP contribution in [0.25, 0.3) is 0 Å². The zero-order valence-corrected chi connectivity index (χ0v) is 18.1. The second kappa shape index (κ2) is 12.0. The second-order valence-electron chi connectivity index (χ2n) is 5.40. The van der Waals surface area contributed by atoms with Gasteiger partial charge in [0.1, 0.15) is 0 Å². The van der Waals surface area contributed by atoms with Gasteiger partial charge in [0.2, 0.25) is 0 Å². The first-order valence-electron chi connectivity index (χ1n) is 7.30. The Morgan fingerprint density at radius 3 is 2.57 bits per heavy atom. The Morgan fingerprint density at radius 2 is 2.00 bits per heavy atom.